The minimum atomic E-state index is -0.995. The normalized spacial score (nSPS) is 27.6. The molecule has 1 saturated heterocycles. The van der Waals surface area contributed by atoms with Crippen LogP contribution in [0.25, 0.3) is 10.9 Å². The molecule has 4 fully saturated rings. The third-order valence-corrected chi connectivity index (χ3v) is 7.06. The molecule has 0 unspecified atom stereocenters. The second kappa shape index (κ2) is 6.28. The maximum Gasteiger partial charge on any atom is 0.227 e. The van der Waals surface area contributed by atoms with Crippen LogP contribution in [0.5, 0.6) is 0 Å². The molecule has 7 nitrogen and oxygen atoms in total. The Labute approximate surface area is 178 Å². The van der Waals surface area contributed by atoms with Crippen LogP contribution in [0.3, 0.4) is 0 Å². The van der Waals surface area contributed by atoms with Crippen molar-refractivity contribution in [2.45, 2.75) is 37.4 Å². The van der Waals surface area contributed by atoms with Gasteiger partial charge in [0.15, 0.2) is 5.15 Å². The zero-order valence-corrected chi connectivity index (χ0v) is 17.5. The van der Waals surface area contributed by atoms with Crippen molar-refractivity contribution in [1.82, 2.24) is 25.1 Å². The molecule has 156 valence electrons. The smallest absolute Gasteiger partial charge is 0.227 e. The number of rotatable bonds is 4. The molecule has 3 saturated carbocycles. The average Bonchev–Trinajstić information content (AvgIpc) is 3.05. The Bertz CT molecular complexity index is 1130. The van der Waals surface area contributed by atoms with Crippen LogP contribution < -0.4 is 15.5 Å². The van der Waals surface area contributed by atoms with Crippen LogP contribution >= 0.6 is 11.6 Å². The summed E-state index contributed by atoms with van der Waals surface area (Å²) in [6, 6.07) is 4.27. The molecule has 1 aliphatic heterocycles. The molecule has 2 N–H and O–H groups in total. The van der Waals surface area contributed by atoms with Gasteiger partial charge in [-0.05, 0) is 24.6 Å². The summed E-state index contributed by atoms with van der Waals surface area (Å²) in [5.41, 5.74) is 2.72. The lowest BCUT2D eigenvalue weighted by molar-refractivity contribution is -0.203. The van der Waals surface area contributed by atoms with Gasteiger partial charge in [-0.15, -0.1) is 0 Å². The molecule has 0 amide bonds. The minimum absolute atomic E-state index is 0.244. The summed E-state index contributed by atoms with van der Waals surface area (Å²) in [5.74, 6) is 0.471. The summed E-state index contributed by atoms with van der Waals surface area (Å²) >= 11 is 6.55. The van der Waals surface area contributed by atoms with Crippen molar-refractivity contribution in [2.75, 3.05) is 36.4 Å². The Morgan fingerprint density at radius 3 is 2.67 bits per heavy atom. The first kappa shape index (κ1) is 18.3. The number of hydrogen-bond donors (Lipinski definition) is 2. The molecule has 9 heteroatoms. The van der Waals surface area contributed by atoms with Crippen molar-refractivity contribution in [3.8, 4) is 0 Å². The molecular formula is C21H23ClFN7. The van der Waals surface area contributed by atoms with E-state index in [0.717, 1.165) is 37.1 Å². The fourth-order valence-corrected chi connectivity index (χ4v) is 5.51. The quantitative estimate of drug-likeness (QED) is 0.663. The lowest BCUT2D eigenvalue weighted by Crippen LogP contribution is -2.70. The number of hydrogen-bond acceptors (Lipinski definition) is 6. The van der Waals surface area contributed by atoms with Crippen LogP contribution in [0.2, 0.25) is 5.15 Å². The molecule has 0 radical (unpaired) electrons. The van der Waals surface area contributed by atoms with Crippen LogP contribution in [0.1, 0.15) is 24.8 Å². The third kappa shape index (κ3) is 2.70. The predicted octanol–water partition coefficient (Wildman–Crippen LogP) is 3.54. The second-order valence-corrected chi connectivity index (χ2v) is 9.28. The van der Waals surface area contributed by atoms with Crippen molar-refractivity contribution < 1.29 is 4.39 Å². The van der Waals surface area contributed by atoms with Crippen molar-refractivity contribution in [2.24, 2.45) is 0 Å². The van der Waals surface area contributed by atoms with E-state index in [1.807, 2.05) is 6.20 Å². The first-order chi connectivity index (χ1) is 14.4. The molecule has 3 aromatic rings. The van der Waals surface area contributed by atoms with Gasteiger partial charge in [0.25, 0.3) is 0 Å². The van der Waals surface area contributed by atoms with Crippen molar-refractivity contribution >= 4 is 39.8 Å². The molecule has 30 heavy (non-hydrogen) atoms. The van der Waals surface area contributed by atoms with E-state index < -0.39 is 5.67 Å². The Hall–Kier alpha value is -2.45. The van der Waals surface area contributed by atoms with Gasteiger partial charge >= 0.3 is 0 Å². The molecular weight excluding hydrogens is 405 g/mol. The van der Waals surface area contributed by atoms with E-state index in [1.54, 1.807) is 10.9 Å². The van der Waals surface area contributed by atoms with Crippen molar-refractivity contribution in [3.05, 3.63) is 35.2 Å². The number of alkyl halides is 1. The number of aromatic nitrogens is 4. The largest absolute Gasteiger partial charge is 0.369 e. The van der Waals surface area contributed by atoms with Gasteiger partial charge in [-0.25, -0.2) is 19.0 Å². The predicted molar refractivity (Wildman–Crippen MR) is 116 cm³/mol. The van der Waals surface area contributed by atoms with Crippen LogP contribution in [0, 0.1) is 6.92 Å². The van der Waals surface area contributed by atoms with Crippen molar-refractivity contribution in [1.29, 1.82) is 0 Å². The van der Waals surface area contributed by atoms with Crippen LogP contribution in [-0.2, 0) is 5.54 Å². The molecule has 4 aliphatic rings. The van der Waals surface area contributed by atoms with Gasteiger partial charge in [0.05, 0.1) is 22.9 Å². The standard InChI is InChI=1S/C21H23ClFN7/c1-13-6-14-8-25-19(27-15(14)7-17(13)29-4-2-24-3-5-29)28-16-9-26-30(18(16)22)21-10-20(23,11-21)12-21/h6-9,24H,2-5,10-12H2,1H3,(H,25,27,28). The first-order valence-corrected chi connectivity index (χ1v) is 10.8. The summed E-state index contributed by atoms with van der Waals surface area (Å²) in [5, 5.41) is 12.5. The number of nitrogens with zero attached hydrogens (tertiary/aromatic N) is 5. The number of benzene rings is 1. The zero-order chi connectivity index (χ0) is 20.5. The lowest BCUT2D eigenvalue weighted by atomic mass is 9.47. The number of fused-ring (bicyclic) bond motifs is 1. The molecule has 0 atom stereocenters. The summed E-state index contributed by atoms with van der Waals surface area (Å²) in [4.78, 5) is 11.6. The fourth-order valence-electron chi connectivity index (χ4n) is 5.20. The summed E-state index contributed by atoms with van der Waals surface area (Å²) in [6.07, 6.45) is 5.00. The Balaban J connectivity index is 1.29. The van der Waals surface area contributed by atoms with Crippen LogP contribution in [0.4, 0.5) is 21.7 Å². The van der Waals surface area contributed by atoms with E-state index in [4.69, 9.17) is 16.6 Å². The Kier molecular flexibility index (Phi) is 3.83. The Morgan fingerprint density at radius 2 is 1.93 bits per heavy atom. The van der Waals surface area contributed by atoms with Gasteiger partial charge in [-0.3, -0.25) is 0 Å². The average molecular weight is 428 g/mol. The summed E-state index contributed by atoms with van der Waals surface area (Å²) in [6.45, 7) is 6.07. The molecule has 3 aliphatic carbocycles. The van der Waals surface area contributed by atoms with E-state index in [1.165, 1.54) is 11.3 Å². The highest BCUT2D eigenvalue weighted by Crippen LogP contribution is 2.68. The SMILES string of the molecule is Cc1cc2cnc(Nc3cnn(C45CC(F)(C4)C5)c3Cl)nc2cc1N1CCNCC1. The summed E-state index contributed by atoms with van der Waals surface area (Å²) in [7, 11) is 0. The highest BCUT2D eigenvalue weighted by atomic mass is 35.5. The number of aryl methyl sites for hydroxylation is 1. The number of nitrogens with one attached hydrogen (secondary N) is 2. The van der Waals surface area contributed by atoms with Gasteiger partial charge in [0.1, 0.15) is 5.67 Å². The highest BCUT2D eigenvalue weighted by Gasteiger charge is 2.71. The van der Waals surface area contributed by atoms with E-state index in [9.17, 15) is 4.39 Å². The van der Waals surface area contributed by atoms with Crippen LogP contribution in [-0.4, -0.2) is 51.6 Å². The maximum absolute atomic E-state index is 13.9. The highest BCUT2D eigenvalue weighted by molar-refractivity contribution is 6.32. The summed E-state index contributed by atoms with van der Waals surface area (Å²) < 4.78 is 15.7. The molecule has 2 bridgehead atoms. The maximum atomic E-state index is 13.9. The number of piperazine rings is 1. The monoisotopic (exact) mass is 427 g/mol. The fraction of sp³-hybridized carbons (Fsp3) is 0.476. The molecule has 7 rings (SSSR count). The van der Waals surface area contributed by atoms with E-state index in [-0.39, 0.29) is 5.54 Å². The number of anilines is 3. The third-order valence-electron chi connectivity index (χ3n) is 6.70. The van der Waals surface area contributed by atoms with Crippen molar-refractivity contribution in [3.63, 3.8) is 0 Å². The molecule has 2 aromatic heterocycles. The molecule has 3 heterocycles. The minimum Gasteiger partial charge on any atom is -0.369 e. The van der Waals surface area contributed by atoms with E-state index >= 15 is 0 Å². The van der Waals surface area contributed by atoms with Gasteiger partial charge < -0.3 is 15.5 Å². The van der Waals surface area contributed by atoms with Gasteiger partial charge in [0.2, 0.25) is 5.95 Å². The van der Waals surface area contributed by atoms with E-state index in [0.29, 0.717) is 36.1 Å². The zero-order valence-electron chi connectivity index (χ0n) is 16.8. The lowest BCUT2D eigenvalue weighted by Gasteiger charge is -2.65. The van der Waals surface area contributed by atoms with Gasteiger partial charge in [0, 0.05) is 62.7 Å². The number of halogens is 2. The van der Waals surface area contributed by atoms with Gasteiger partial charge in [-0.2, -0.15) is 5.10 Å². The molecule has 1 aromatic carbocycles. The van der Waals surface area contributed by atoms with Gasteiger partial charge in [-0.1, -0.05) is 11.6 Å². The molecule has 0 spiro atoms. The topological polar surface area (TPSA) is 70.9 Å². The van der Waals surface area contributed by atoms with Crippen LogP contribution in [0.15, 0.2) is 24.5 Å². The first-order valence-electron chi connectivity index (χ1n) is 10.4. The second-order valence-electron chi connectivity index (χ2n) is 8.92. The Morgan fingerprint density at radius 1 is 1.17 bits per heavy atom. The van der Waals surface area contributed by atoms with E-state index in [2.05, 4.69) is 44.7 Å².